The Hall–Kier alpha value is -2.30. The number of benzene rings is 2. The molecule has 0 atom stereocenters. The van der Waals surface area contributed by atoms with E-state index in [0.717, 1.165) is 40.2 Å². The Morgan fingerprint density at radius 3 is 2.61 bits per heavy atom. The molecule has 1 amide bonds. The maximum atomic E-state index is 12.5. The van der Waals surface area contributed by atoms with Crippen LogP contribution in [0.15, 0.2) is 50.9 Å². The molecule has 7 heteroatoms. The van der Waals surface area contributed by atoms with Gasteiger partial charge in [-0.05, 0) is 48.7 Å². The lowest BCUT2D eigenvalue weighted by Gasteiger charge is -2.22. The number of hydrogen-bond acceptors (Lipinski definition) is 4. The summed E-state index contributed by atoms with van der Waals surface area (Å²) in [4.78, 5) is 12.5. The topological polar surface area (TPSA) is 71.3 Å². The number of hydrogen-bond donors (Lipinski definition) is 1. The van der Waals surface area contributed by atoms with E-state index in [0.29, 0.717) is 23.7 Å². The summed E-state index contributed by atoms with van der Waals surface area (Å²) in [5.74, 6) is 0.792. The second-order valence-electron chi connectivity index (χ2n) is 7.41. The quantitative estimate of drug-likeness (QED) is 0.333. The standard InChI is InChI=1S/C24H24Br2N2O3/c1-30-23-12-16(11-18(14-27)24(29)28-20-5-3-2-4-6-20)7-10-22(23)31-15-17-8-9-19(25)13-21(17)26/h7-13,20H,2-6,15H2,1H3,(H,28,29)/b18-11-. The molecule has 5 nitrogen and oxygen atoms in total. The van der Waals surface area contributed by atoms with Crippen molar-refractivity contribution in [3.8, 4) is 17.6 Å². The van der Waals surface area contributed by atoms with E-state index in [1.54, 1.807) is 31.4 Å². The first kappa shape index (κ1) is 23.4. The number of carbonyl (C=O) groups excluding carboxylic acids is 1. The number of amides is 1. The minimum Gasteiger partial charge on any atom is -0.493 e. The molecule has 3 rings (SSSR count). The Morgan fingerprint density at radius 2 is 1.94 bits per heavy atom. The van der Waals surface area contributed by atoms with Crippen LogP contribution in [-0.4, -0.2) is 19.1 Å². The van der Waals surface area contributed by atoms with Crippen LogP contribution in [0.3, 0.4) is 0 Å². The van der Waals surface area contributed by atoms with E-state index in [4.69, 9.17) is 9.47 Å². The largest absolute Gasteiger partial charge is 0.493 e. The number of carbonyl (C=O) groups is 1. The number of nitrogens with zero attached hydrogens (tertiary/aromatic N) is 1. The van der Waals surface area contributed by atoms with Crippen molar-refractivity contribution in [1.82, 2.24) is 5.32 Å². The van der Waals surface area contributed by atoms with Crippen LogP contribution in [-0.2, 0) is 11.4 Å². The zero-order chi connectivity index (χ0) is 22.2. The summed E-state index contributed by atoms with van der Waals surface area (Å²) in [7, 11) is 1.56. The fraction of sp³-hybridized carbons (Fsp3) is 0.333. The molecular formula is C24H24Br2N2O3. The highest BCUT2D eigenvalue weighted by Gasteiger charge is 2.18. The Labute approximate surface area is 199 Å². The Bertz CT molecular complexity index is 1010. The molecule has 0 unspecified atom stereocenters. The average Bonchev–Trinajstić information content (AvgIpc) is 2.77. The lowest BCUT2D eigenvalue weighted by atomic mass is 9.95. The van der Waals surface area contributed by atoms with Crippen LogP contribution in [0.5, 0.6) is 11.5 Å². The van der Waals surface area contributed by atoms with Crippen molar-refractivity contribution in [3.63, 3.8) is 0 Å². The first-order valence-electron chi connectivity index (χ1n) is 10.2. The van der Waals surface area contributed by atoms with Gasteiger partial charge in [-0.15, -0.1) is 0 Å². The fourth-order valence-corrected chi connectivity index (χ4v) is 4.67. The van der Waals surface area contributed by atoms with E-state index in [-0.39, 0.29) is 17.5 Å². The van der Waals surface area contributed by atoms with Crippen molar-refractivity contribution in [2.45, 2.75) is 44.8 Å². The van der Waals surface area contributed by atoms with Crippen molar-refractivity contribution in [2.75, 3.05) is 7.11 Å². The molecule has 1 aliphatic rings. The number of nitriles is 1. The predicted octanol–water partition coefficient (Wildman–Crippen LogP) is 6.16. The third kappa shape index (κ3) is 6.59. The highest BCUT2D eigenvalue weighted by atomic mass is 79.9. The lowest BCUT2D eigenvalue weighted by Crippen LogP contribution is -2.36. The molecule has 31 heavy (non-hydrogen) atoms. The first-order chi connectivity index (χ1) is 15.0. The van der Waals surface area contributed by atoms with Crippen LogP contribution in [0, 0.1) is 11.3 Å². The van der Waals surface area contributed by atoms with Crippen molar-refractivity contribution < 1.29 is 14.3 Å². The SMILES string of the molecule is COc1cc(/C=C(/C#N)C(=O)NC2CCCCC2)ccc1OCc1ccc(Br)cc1Br. The summed E-state index contributed by atoms with van der Waals surface area (Å²) in [5, 5.41) is 12.5. The molecule has 2 aromatic rings. The van der Waals surface area contributed by atoms with Gasteiger partial charge in [0.2, 0.25) is 0 Å². The number of rotatable bonds is 7. The minimum atomic E-state index is -0.325. The number of methoxy groups -OCH3 is 1. The molecule has 1 aliphatic carbocycles. The van der Waals surface area contributed by atoms with Gasteiger partial charge in [-0.2, -0.15) is 5.26 Å². The molecule has 0 saturated heterocycles. The zero-order valence-corrected chi connectivity index (χ0v) is 20.5. The highest BCUT2D eigenvalue weighted by Crippen LogP contribution is 2.31. The van der Waals surface area contributed by atoms with E-state index >= 15 is 0 Å². The van der Waals surface area contributed by atoms with Crippen LogP contribution in [0.1, 0.15) is 43.2 Å². The number of ether oxygens (including phenoxy) is 2. The summed E-state index contributed by atoms with van der Waals surface area (Å²) in [6.07, 6.45) is 6.96. The average molecular weight is 548 g/mol. The van der Waals surface area contributed by atoms with E-state index in [1.807, 2.05) is 24.3 Å². The summed E-state index contributed by atoms with van der Waals surface area (Å²) in [6.45, 7) is 0.368. The molecule has 0 spiro atoms. The van der Waals surface area contributed by atoms with Crippen molar-refractivity contribution >= 4 is 43.8 Å². The second-order valence-corrected chi connectivity index (χ2v) is 9.18. The molecule has 0 bridgehead atoms. The van der Waals surface area contributed by atoms with E-state index in [1.165, 1.54) is 6.42 Å². The third-order valence-electron chi connectivity index (χ3n) is 5.20. The maximum absolute atomic E-state index is 12.5. The molecule has 0 heterocycles. The molecule has 1 saturated carbocycles. The predicted molar refractivity (Wildman–Crippen MR) is 128 cm³/mol. The van der Waals surface area contributed by atoms with Gasteiger partial charge in [-0.1, -0.05) is 63.3 Å². The molecule has 0 radical (unpaired) electrons. The van der Waals surface area contributed by atoms with Gasteiger partial charge in [0.25, 0.3) is 5.91 Å². The van der Waals surface area contributed by atoms with E-state index < -0.39 is 0 Å². The van der Waals surface area contributed by atoms with E-state index in [2.05, 4.69) is 37.2 Å². The smallest absolute Gasteiger partial charge is 0.262 e. The van der Waals surface area contributed by atoms with Gasteiger partial charge in [0.15, 0.2) is 11.5 Å². The van der Waals surface area contributed by atoms with Gasteiger partial charge < -0.3 is 14.8 Å². The third-order valence-corrected chi connectivity index (χ3v) is 6.43. The maximum Gasteiger partial charge on any atom is 0.262 e. The lowest BCUT2D eigenvalue weighted by molar-refractivity contribution is -0.117. The molecule has 0 aliphatic heterocycles. The van der Waals surface area contributed by atoms with Gasteiger partial charge in [0.05, 0.1) is 7.11 Å². The summed E-state index contributed by atoms with van der Waals surface area (Å²) in [6, 6.07) is 13.4. The van der Waals surface area contributed by atoms with Gasteiger partial charge in [0, 0.05) is 20.6 Å². The molecular weight excluding hydrogens is 524 g/mol. The molecule has 162 valence electrons. The summed E-state index contributed by atoms with van der Waals surface area (Å²) >= 11 is 6.97. The Kier molecular flexibility index (Phi) is 8.56. The highest BCUT2D eigenvalue weighted by molar-refractivity contribution is 9.11. The second kappa shape index (κ2) is 11.4. The van der Waals surface area contributed by atoms with Crippen molar-refractivity contribution in [1.29, 1.82) is 5.26 Å². The van der Waals surface area contributed by atoms with Crippen LogP contribution in [0.25, 0.3) is 6.08 Å². The normalized spacial score (nSPS) is 14.6. The van der Waals surface area contributed by atoms with Gasteiger partial charge in [0.1, 0.15) is 18.2 Å². The molecule has 1 fully saturated rings. The zero-order valence-electron chi connectivity index (χ0n) is 17.3. The van der Waals surface area contributed by atoms with Crippen molar-refractivity contribution in [3.05, 3.63) is 62.0 Å². The fourth-order valence-electron chi connectivity index (χ4n) is 3.51. The summed E-state index contributed by atoms with van der Waals surface area (Å²) in [5.41, 5.74) is 1.78. The van der Waals surface area contributed by atoms with Gasteiger partial charge in [-0.25, -0.2) is 0 Å². The minimum absolute atomic E-state index is 0.0834. The van der Waals surface area contributed by atoms with Crippen molar-refractivity contribution in [2.24, 2.45) is 0 Å². The Balaban J connectivity index is 1.71. The van der Waals surface area contributed by atoms with Crippen LogP contribution in [0.2, 0.25) is 0 Å². The monoisotopic (exact) mass is 546 g/mol. The number of nitrogens with one attached hydrogen (secondary N) is 1. The van der Waals surface area contributed by atoms with Crippen LogP contribution >= 0.6 is 31.9 Å². The number of halogens is 2. The van der Waals surface area contributed by atoms with Crippen LogP contribution < -0.4 is 14.8 Å². The van der Waals surface area contributed by atoms with E-state index in [9.17, 15) is 10.1 Å². The van der Waals surface area contributed by atoms with Crippen LogP contribution in [0.4, 0.5) is 0 Å². The van der Waals surface area contributed by atoms with Gasteiger partial charge >= 0.3 is 0 Å². The summed E-state index contributed by atoms with van der Waals surface area (Å²) < 4.78 is 13.3. The first-order valence-corrected chi connectivity index (χ1v) is 11.8. The molecule has 1 N–H and O–H groups in total. The molecule has 2 aromatic carbocycles. The van der Waals surface area contributed by atoms with Gasteiger partial charge in [-0.3, -0.25) is 4.79 Å². The Morgan fingerprint density at radius 1 is 1.16 bits per heavy atom. The molecule has 0 aromatic heterocycles.